The molecule has 2 N–H and O–H groups in total. The zero-order valence-corrected chi connectivity index (χ0v) is 17.5. The molecule has 2 unspecified atom stereocenters. The van der Waals surface area contributed by atoms with Crippen molar-refractivity contribution >= 4 is 15.9 Å². The number of hydrogen-bond acceptors (Lipinski definition) is 6. The van der Waals surface area contributed by atoms with Gasteiger partial charge in [0.25, 0.3) is 0 Å². The van der Waals surface area contributed by atoms with E-state index in [9.17, 15) is 18.3 Å². The number of methoxy groups -OCH3 is 2. The standard InChI is InChI=1S/C19H30N2O6S/c1-4-11-28(24,25)21-10-6-5-7-16(21)19(23)20-13-17(22)15-12-14(26-2)8-9-18(15)27-3/h8-9,12,16-17,22H,4-7,10-11,13H2,1-3H3,(H,20,23). The lowest BCUT2D eigenvalue weighted by Crippen LogP contribution is -2.52. The van der Waals surface area contributed by atoms with Gasteiger partial charge < -0.3 is 19.9 Å². The number of nitrogens with one attached hydrogen (secondary N) is 1. The van der Waals surface area contributed by atoms with Gasteiger partial charge >= 0.3 is 0 Å². The molecule has 2 atom stereocenters. The first kappa shape index (κ1) is 22.4. The van der Waals surface area contributed by atoms with Crippen molar-refractivity contribution in [1.29, 1.82) is 0 Å². The summed E-state index contributed by atoms with van der Waals surface area (Å²) in [7, 11) is -0.447. The van der Waals surface area contributed by atoms with Gasteiger partial charge in [0, 0.05) is 18.7 Å². The zero-order valence-electron chi connectivity index (χ0n) is 16.7. The van der Waals surface area contributed by atoms with Crippen LogP contribution >= 0.6 is 0 Å². The number of hydrogen-bond donors (Lipinski definition) is 2. The van der Waals surface area contributed by atoms with Gasteiger partial charge in [-0.15, -0.1) is 0 Å². The van der Waals surface area contributed by atoms with Crippen LogP contribution in [0.3, 0.4) is 0 Å². The van der Waals surface area contributed by atoms with Gasteiger partial charge in [-0.1, -0.05) is 13.3 Å². The van der Waals surface area contributed by atoms with E-state index in [0.29, 0.717) is 36.4 Å². The van der Waals surface area contributed by atoms with Gasteiger partial charge in [-0.25, -0.2) is 8.42 Å². The smallest absolute Gasteiger partial charge is 0.238 e. The topological polar surface area (TPSA) is 105 Å². The van der Waals surface area contributed by atoms with Crippen molar-refractivity contribution in [1.82, 2.24) is 9.62 Å². The molecule has 1 aromatic carbocycles. The predicted molar refractivity (Wildman–Crippen MR) is 106 cm³/mol. The minimum atomic E-state index is -3.46. The highest BCUT2D eigenvalue weighted by molar-refractivity contribution is 7.89. The summed E-state index contributed by atoms with van der Waals surface area (Å²) in [4.78, 5) is 12.7. The van der Waals surface area contributed by atoms with E-state index in [0.717, 1.165) is 12.8 Å². The molecule has 1 heterocycles. The number of ether oxygens (including phenoxy) is 2. The first-order valence-electron chi connectivity index (χ1n) is 9.51. The molecule has 28 heavy (non-hydrogen) atoms. The highest BCUT2D eigenvalue weighted by Crippen LogP contribution is 2.29. The summed E-state index contributed by atoms with van der Waals surface area (Å²) < 4.78 is 36.7. The van der Waals surface area contributed by atoms with Gasteiger partial charge in [-0.3, -0.25) is 4.79 Å². The Morgan fingerprint density at radius 3 is 2.71 bits per heavy atom. The van der Waals surface area contributed by atoms with Gasteiger partial charge in [-0.2, -0.15) is 4.31 Å². The molecular formula is C19H30N2O6S. The van der Waals surface area contributed by atoms with Crippen molar-refractivity contribution in [2.75, 3.05) is 33.1 Å². The fraction of sp³-hybridized carbons (Fsp3) is 0.632. The summed E-state index contributed by atoms with van der Waals surface area (Å²) >= 11 is 0. The van der Waals surface area contributed by atoms with Crippen LogP contribution in [0.2, 0.25) is 0 Å². The van der Waals surface area contributed by atoms with Crippen LogP contribution in [0.1, 0.15) is 44.3 Å². The molecule has 0 aliphatic carbocycles. The molecule has 1 amide bonds. The van der Waals surface area contributed by atoms with E-state index in [1.807, 2.05) is 0 Å². The first-order valence-corrected chi connectivity index (χ1v) is 11.1. The van der Waals surface area contributed by atoms with Crippen LogP contribution in [0.25, 0.3) is 0 Å². The number of rotatable bonds is 9. The minimum Gasteiger partial charge on any atom is -0.497 e. The van der Waals surface area contributed by atoms with Crippen LogP contribution in [0.15, 0.2) is 18.2 Å². The van der Waals surface area contributed by atoms with Crippen molar-refractivity contribution < 1.29 is 27.8 Å². The maximum absolute atomic E-state index is 12.7. The number of piperidine rings is 1. The molecule has 1 aromatic rings. The zero-order chi connectivity index (χ0) is 20.7. The van der Waals surface area contributed by atoms with E-state index in [-0.39, 0.29) is 18.2 Å². The van der Waals surface area contributed by atoms with E-state index < -0.39 is 22.2 Å². The second-order valence-corrected chi connectivity index (χ2v) is 8.85. The Balaban J connectivity index is 2.08. The molecule has 8 nitrogen and oxygen atoms in total. The first-order chi connectivity index (χ1) is 13.3. The molecule has 0 radical (unpaired) electrons. The summed E-state index contributed by atoms with van der Waals surface area (Å²) in [6.45, 7) is 2.10. The highest BCUT2D eigenvalue weighted by Gasteiger charge is 2.36. The number of sulfonamides is 1. The average molecular weight is 415 g/mol. The Hall–Kier alpha value is -1.84. The van der Waals surface area contributed by atoms with Crippen molar-refractivity contribution in [3.63, 3.8) is 0 Å². The predicted octanol–water partition coefficient (Wildman–Crippen LogP) is 1.45. The van der Waals surface area contributed by atoms with Crippen LogP contribution in [0, 0.1) is 0 Å². The molecule has 1 saturated heterocycles. The molecule has 1 aliphatic heterocycles. The summed E-state index contributed by atoms with van der Waals surface area (Å²) in [5.74, 6) is 0.679. The molecule has 2 rings (SSSR count). The van der Waals surface area contributed by atoms with E-state index in [2.05, 4.69) is 5.32 Å². The van der Waals surface area contributed by atoms with E-state index in [4.69, 9.17) is 9.47 Å². The molecule has 0 saturated carbocycles. The quantitative estimate of drug-likeness (QED) is 0.634. The highest BCUT2D eigenvalue weighted by atomic mass is 32.2. The number of nitrogens with zero attached hydrogens (tertiary/aromatic N) is 1. The lowest BCUT2D eigenvalue weighted by molar-refractivity contribution is -0.126. The number of carbonyl (C=O) groups excluding carboxylic acids is 1. The van der Waals surface area contributed by atoms with E-state index in [1.165, 1.54) is 18.5 Å². The summed E-state index contributed by atoms with van der Waals surface area (Å²) in [6.07, 6.45) is 1.51. The number of amides is 1. The molecule has 1 fully saturated rings. The molecular weight excluding hydrogens is 384 g/mol. The number of aliphatic hydroxyl groups is 1. The Bertz CT molecular complexity index is 768. The monoisotopic (exact) mass is 414 g/mol. The maximum Gasteiger partial charge on any atom is 0.238 e. The molecule has 9 heteroatoms. The lowest BCUT2D eigenvalue weighted by Gasteiger charge is -2.33. The average Bonchev–Trinajstić information content (AvgIpc) is 2.71. The summed E-state index contributed by atoms with van der Waals surface area (Å²) in [6, 6.07) is 4.31. The Kier molecular flexibility index (Phi) is 8.09. The molecule has 0 spiro atoms. The van der Waals surface area contributed by atoms with Gasteiger partial charge in [-0.05, 0) is 37.5 Å². The van der Waals surface area contributed by atoms with Gasteiger partial charge in [0.15, 0.2) is 0 Å². The van der Waals surface area contributed by atoms with Crippen LogP contribution in [0.4, 0.5) is 0 Å². The van der Waals surface area contributed by atoms with Crippen molar-refractivity contribution in [2.45, 2.75) is 44.8 Å². The lowest BCUT2D eigenvalue weighted by atomic mass is 10.0. The van der Waals surface area contributed by atoms with Crippen LogP contribution < -0.4 is 14.8 Å². The molecule has 0 aromatic heterocycles. The number of carbonyl (C=O) groups is 1. The van der Waals surface area contributed by atoms with Crippen LogP contribution in [-0.4, -0.2) is 62.8 Å². The second-order valence-electron chi connectivity index (χ2n) is 6.81. The SMILES string of the molecule is CCCS(=O)(=O)N1CCCCC1C(=O)NCC(O)c1cc(OC)ccc1OC. The Labute approximate surface area is 166 Å². The summed E-state index contributed by atoms with van der Waals surface area (Å²) in [5.41, 5.74) is 0.487. The molecule has 0 bridgehead atoms. The van der Waals surface area contributed by atoms with Crippen LogP contribution in [-0.2, 0) is 14.8 Å². The number of benzene rings is 1. The fourth-order valence-corrected chi connectivity index (χ4v) is 5.15. The van der Waals surface area contributed by atoms with Gasteiger partial charge in [0.2, 0.25) is 15.9 Å². The number of aliphatic hydroxyl groups excluding tert-OH is 1. The Morgan fingerprint density at radius 1 is 1.32 bits per heavy atom. The van der Waals surface area contributed by atoms with Crippen LogP contribution in [0.5, 0.6) is 11.5 Å². The third-order valence-corrected chi connectivity index (χ3v) is 6.92. The van der Waals surface area contributed by atoms with Crippen molar-refractivity contribution in [3.8, 4) is 11.5 Å². The fourth-order valence-electron chi connectivity index (χ4n) is 3.40. The normalized spacial score (nSPS) is 19.1. The minimum absolute atomic E-state index is 0.0282. The van der Waals surface area contributed by atoms with Crippen molar-refractivity contribution in [3.05, 3.63) is 23.8 Å². The second kappa shape index (κ2) is 10.1. The Morgan fingerprint density at radius 2 is 2.07 bits per heavy atom. The van der Waals surface area contributed by atoms with E-state index >= 15 is 0 Å². The van der Waals surface area contributed by atoms with Gasteiger partial charge in [0.05, 0.1) is 26.1 Å². The largest absolute Gasteiger partial charge is 0.497 e. The molecule has 1 aliphatic rings. The maximum atomic E-state index is 12.7. The summed E-state index contributed by atoms with van der Waals surface area (Å²) in [5, 5.41) is 13.2. The van der Waals surface area contributed by atoms with E-state index in [1.54, 1.807) is 25.1 Å². The van der Waals surface area contributed by atoms with Crippen molar-refractivity contribution in [2.24, 2.45) is 0 Å². The van der Waals surface area contributed by atoms with Gasteiger partial charge in [0.1, 0.15) is 17.5 Å². The molecule has 158 valence electrons. The third kappa shape index (κ3) is 5.36. The third-order valence-electron chi connectivity index (χ3n) is 4.84.